The summed E-state index contributed by atoms with van der Waals surface area (Å²) in [4.78, 5) is 28.7. The fraction of sp³-hybridized carbons (Fsp3) is 0.545. The van der Waals surface area contributed by atoms with Crippen molar-refractivity contribution < 1.29 is 4.79 Å². The normalized spacial score (nSPS) is 14.8. The largest absolute Gasteiger partial charge is 0.347 e. The first-order valence-corrected chi connectivity index (χ1v) is 5.53. The highest BCUT2D eigenvalue weighted by Gasteiger charge is 2.31. The topological polar surface area (TPSA) is 55.2 Å². The average Bonchev–Trinajstić information content (AvgIpc) is 3.07. The minimum absolute atomic E-state index is 0.0000926. The molecule has 1 aliphatic carbocycles. The van der Waals surface area contributed by atoms with Crippen LogP contribution in [0.1, 0.15) is 19.8 Å². The number of hydrogen-bond donors (Lipinski definition) is 0. The van der Waals surface area contributed by atoms with Gasteiger partial charge in [-0.3, -0.25) is 9.36 Å². The summed E-state index contributed by atoms with van der Waals surface area (Å²) in [5.41, 5.74) is -0.372. The summed E-state index contributed by atoms with van der Waals surface area (Å²) < 4.78 is 1.34. The Morgan fingerprint density at radius 3 is 2.94 bits per heavy atom. The highest BCUT2D eigenvalue weighted by Crippen LogP contribution is 2.26. The number of nitrogens with zero attached hydrogens (tertiary/aromatic N) is 3. The molecule has 1 fully saturated rings. The number of aromatic nitrogens is 2. The summed E-state index contributed by atoms with van der Waals surface area (Å²) in [6.45, 7) is 2.76. The standard InChI is InChI=1S/C11H15N3O2/c1-2-14(9-4-5-9)10(15)8-13-7-3-6-12-11(13)16/h3,6-7,9H,2,4-5,8H2,1H3. The van der Waals surface area contributed by atoms with Gasteiger partial charge in [-0.15, -0.1) is 0 Å². The zero-order chi connectivity index (χ0) is 11.5. The van der Waals surface area contributed by atoms with Crippen LogP contribution in [0.15, 0.2) is 23.3 Å². The van der Waals surface area contributed by atoms with E-state index in [1.807, 2.05) is 11.8 Å². The molecule has 16 heavy (non-hydrogen) atoms. The Bertz CT molecular complexity index is 437. The van der Waals surface area contributed by atoms with E-state index in [1.165, 1.54) is 10.8 Å². The molecule has 0 saturated heterocycles. The average molecular weight is 221 g/mol. The van der Waals surface area contributed by atoms with E-state index in [0.29, 0.717) is 12.6 Å². The summed E-state index contributed by atoms with van der Waals surface area (Å²) in [6.07, 6.45) is 5.19. The molecule has 5 heteroatoms. The van der Waals surface area contributed by atoms with Crippen LogP contribution >= 0.6 is 0 Å². The van der Waals surface area contributed by atoms with E-state index in [2.05, 4.69) is 4.98 Å². The van der Waals surface area contributed by atoms with E-state index in [9.17, 15) is 9.59 Å². The van der Waals surface area contributed by atoms with Crippen molar-refractivity contribution >= 4 is 5.91 Å². The molecule has 1 amide bonds. The molecule has 0 aromatic carbocycles. The molecule has 1 saturated carbocycles. The molecule has 0 bridgehead atoms. The molecule has 0 N–H and O–H groups in total. The van der Waals surface area contributed by atoms with Crippen molar-refractivity contribution in [2.45, 2.75) is 32.4 Å². The van der Waals surface area contributed by atoms with Crippen LogP contribution in [-0.4, -0.2) is 32.9 Å². The van der Waals surface area contributed by atoms with Crippen molar-refractivity contribution in [3.05, 3.63) is 28.9 Å². The third kappa shape index (κ3) is 2.29. The predicted molar refractivity (Wildman–Crippen MR) is 58.9 cm³/mol. The van der Waals surface area contributed by atoms with E-state index < -0.39 is 0 Å². The second-order valence-corrected chi connectivity index (χ2v) is 3.94. The third-order valence-electron chi connectivity index (χ3n) is 2.74. The first kappa shape index (κ1) is 10.9. The molecule has 5 nitrogen and oxygen atoms in total. The Labute approximate surface area is 93.7 Å². The fourth-order valence-electron chi connectivity index (χ4n) is 1.77. The van der Waals surface area contributed by atoms with Gasteiger partial charge in [0.15, 0.2) is 0 Å². The first-order chi connectivity index (χ1) is 7.72. The van der Waals surface area contributed by atoms with E-state index >= 15 is 0 Å². The molecule has 1 aliphatic rings. The third-order valence-corrected chi connectivity index (χ3v) is 2.74. The minimum atomic E-state index is -0.372. The van der Waals surface area contributed by atoms with Gasteiger partial charge in [-0.1, -0.05) is 0 Å². The number of carbonyl (C=O) groups excluding carboxylic acids is 1. The SMILES string of the molecule is CCN(C(=O)Cn1cccnc1=O)C1CC1. The van der Waals surface area contributed by atoms with Crippen LogP contribution in [0.25, 0.3) is 0 Å². The van der Waals surface area contributed by atoms with Crippen LogP contribution in [0.3, 0.4) is 0 Å². The van der Waals surface area contributed by atoms with Crippen LogP contribution in [0.2, 0.25) is 0 Å². The molecule has 86 valence electrons. The number of amides is 1. The van der Waals surface area contributed by atoms with Crippen molar-refractivity contribution in [1.29, 1.82) is 0 Å². The monoisotopic (exact) mass is 221 g/mol. The van der Waals surface area contributed by atoms with Gasteiger partial charge in [0.1, 0.15) is 6.54 Å². The van der Waals surface area contributed by atoms with E-state index in [-0.39, 0.29) is 18.1 Å². The molecule has 1 aromatic rings. The number of hydrogen-bond acceptors (Lipinski definition) is 3. The second-order valence-electron chi connectivity index (χ2n) is 3.94. The van der Waals surface area contributed by atoms with Crippen molar-refractivity contribution in [2.75, 3.05) is 6.54 Å². The highest BCUT2D eigenvalue weighted by atomic mass is 16.2. The molecule has 0 aliphatic heterocycles. The Hall–Kier alpha value is -1.65. The van der Waals surface area contributed by atoms with Gasteiger partial charge in [0.05, 0.1) is 0 Å². The van der Waals surface area contributed by atoms with Gasteiger partial charge in [-0.25, -0.2) is 9.78 Å². The zero-order valence-corrected chi connectivity index (χ0v) is 9.30. The number of carbonyl (C=O) groups is 1. The smallest absolute Gasteiger partial charge is 0.338 e. The van der Waals surface area contributed by atoms with E-state index in [1.54, 1.807) is 12.3 Å². The maximum absolute atomic E-state index is 11.9. The zero-order valence-electron chi connectivity index (χ0n) is 9.30. The Balaban J connectivity index is 2.06. The summed E-state index contributed by atoms with van der Waals surface area (Å²) in [6, 6.07) is 2.05. The molecule has 1 aromatic heterocycles. The summed E-state index contributed by atoms with van der Waals surface area (Å²) >= 11 is 0. The molecule has 2 rings (SSSR count). The van der Waals surface area contributed by atoms with Gasteiger partial charge in [0, 0.05) is 25.0 Å². The molecular weight excluding hydrogens is 206 g/mol. The van der Waals surface area contributed by atoms with Crippen LogP contribution in [0, 0.1) is 0 Å². The van der Waals surface area contributed by atoms with Crippen molar-refractivity contribution in [3.63, 3.8) is 0 Å². The summed E-state index contributed by atoms with van der Waals surface area (Å²) in [5, 5.41) is 0. The maximum Gasteiger partial charge on any atom is 0.347 e. The van der Waals surface area contributed by atoms with Gasteiger partial charge in [-0.05, 0) is 25.8 Å². The second kappa shape index (κ2) is 4.47. The Morgan fingerprint density at radius 1 is 1.62 bits per heavy atom. The van der Waals surface area contributed by atoms with Crippen LogP contribution in [-0.2, 0) is 11.3 Å². The Kier molecular flexibility index (Phi) is 3.03. The number of likely N-dealkylation sites (N-methyl/N-ethyl adjacent to an activating group) is 1. The molecule has 0 spiro atoms. The number of rotatable bonds is 4. The van der Waals surface area contributed by atoms with Gasteiger partial charge in [0.25, 0.3) is 0 Å². The van der Waals surface area contributed by atoms with Crippen molar-refractivity contribution in [3.8, 4) is 0 Å². The molecular formula is C11H15N3O2. The molecule has 1 heterocycles. The lowest BCUT2D eigenvalue weighted by Gasteiger charge is -2.20. The Morgan fingerprint density at radius 2 is 2.38 bits per heavy atom. The minimum Gasteiger partial charge on any atom is -0.338 e. The van der Waals surface area contributed by atoms with Crippen LogP contribution < -0.4 is 5.69 Å². The van der Waals surface area contributed by atoms with Crippen LogP contribution in [0.5, 0.6) is 0 Å². The first-order valence-electron chi connectivity index (χ1n) is 5.53. The van der Waals surface area contributed by atoms with Crippen LogP contribution in [0.4, 0.5) is 0 Å². The maximum atomic E-state index is 11.9. The van der Waals surface area contributed by atoms with Gasteiger partial charge >= 0.3 is 5.69 Å². The fourth-order valence-corrected chi connectivity index (χ4v) is 1.77. The summed E-state index contributed by atoms with van der Waals surface area (Å²) in [5.74, 6) is 0.0000926. The lowest BCUT2D eigenvalue weighted by atomic mass is 10.4. The molecule has 0 radical (unpaired) electrons. The quantitative estimate of drug-likeness (QED) is 0.732. The van der Waals surface area contributed by atoms with E-state index in [0.717, 1.165) is 12.8 Å². The molecule has 0 unspecified atom stereocenters. The van der Waals surface area contributed by atoms with Gasteiger partial charge in [-0.2, -0.15) is 0 Å². The van der Waals surface area contributed by atoms with Crippen molar-refractivity contribution in [2.24, 2.45) is 0 Å². The van der Waals surface area contributed by atoms with Gasteiger partial charge < -0.3 is 4.90 Å². The molecule has 0 atom stereocenters. The van der Waals surface area contributed by atoms with Crippen molar-refractivity contribution in [1.82, 2.24) is 14.5 Å². The predicted octanol–water partition coefficient (Wildman–Crippen LogP) is 0.254. The highest BCUT2D eigenvalue weighted by molar-refractivity contribution is 5.76. The van der Waals surface area contributed by atoms with Gasteiger partial charge in [0.2, 0.25) is 5.91 Å². The van der Waals surface area contributed by atoms with E-state index in [4.69, 9.17) is 0 Å². The lowest BCUT2D eigenvalue weighted by Crippen LogP contribution is -2.38. The lowest BCUT2D eigenvalue weighted by molar-refractivity contribution is -0.132. The summed E-state index contributed by atoms with van der Waals surface area (Å²) in [7, 11) is 0.